The van der Waals surface area contributed by atoms with E-state index in [2.05, 4.69) is 31.2 Å². The Morgan fingerprint density at radius 3 is 2.33 bits per heavy atom. The van der Waals surface area contributed by atoms with Crippen molar-refractivity contribution in [1.82, 2.24) is 14.7 Å². The lowest BCUT2D eigenvalue weighted by atomic mass is 10.1. The molecule has 0 atom stereocenters. The van der Waals surface area contributed by atoms with E-state index in [0.29, 0.717) is 5.92 Å². The van der Waals surface area contributed by atoms with E-state index in [1.807, 2.05) is 16.5 Å². The maximum absolute atomic E-state index is 13.1. The number of amides is 1. The summed E-state index contributed by atoms with van der Waals surface area (Å²) in [5, 5.41) is 4.86. The molecule has 0 unspecified atom stereocenters. The van der Waals surface area contributed by atoms with Gasteiger partial charge in [0.2, 0.25) is 0 Å². The third-order valence-corrected chi connectivity index (χ3v) is 5.24. The molecular formula is C20H25N3O. The zero-order chi connectivity index (χ0) is 16.7. The molecule has 0 N–H and O–H groups in total. The third-order valence-electron chi connectivity index (χ3n) is 5.24. The summed E-state index contributed by atoms with van der Waals surface area (Å²) in [6.07, 6.45) is 5.79. The molecule has 2 heterocycles. The Hall–Kier alpha value is -2.10. The first-order valence-electron chi connectivity index (χ1n) is 9.11. The van der Waals surface area contributed by atoms with Crippen molar-refractivity contribution in [2.45, 2.75) is 51.9 Å². The molecule has 0 radical (unpaired) electrons. The molecule has 0 bridgehead atoms. The number of likely N-dealkylation sites (tertiary alicyclic amines) is 1. The van der Waals surface area contributed by atoms with Crippen LogP contribution in [0, 0.1) is 13.8 Å². The smallest absolute Gasteiger partial charge is 0.257 e. The van der Waals surface area contributed by atoms with E-state index >= 15 is 0 Å². The van der Waals surface area contributed by atoms with E-state index in [1.54, 1.807) is 0 Å². The Morgan fingerprint density at radius 2 is 1.71 bits per heavy atom. The second-order valence-electron chi connectivity index (χ2n) is 7.22. The predicted molar refractivity (Wildman–Crippen MR) is 94.8 cm³/mol. The van der Waals surface area contributed by atoms with Crippen LogP contribution in [0.3, 0.4) is 0 Å². The van der Waals surface area contributed by atoms with Crippen LogP contribution in [0.1, 0.15) is 65.3 Å². The Labute approximate surface area is 143 Å². The number of carbonyl (C=O) groups excluding carboxylic acids is 1. The minimum atomic E-state index is 0.187. The van der Waals surface area contributed by atoms with Crippen LogP contribution in [0.25, 0.3) is 5.69 Å². The van der Waals surface area contributed by atoms with E-state index < -0.39 is 0 Å². The Bertz CT molecular complexity index is 750. The summed E-state index contributed by atoms with van der Waals surface area (Å²) in [7, 11) is 0. The summed E-state index contributed by atoms with van der Waals surface area (Å²) >= 11 is 0. The monoisotopic (exact) mass is 323 g/mol. The van der Waals surface area contributed by atoms with E-state index in [0.717, 1.165) is 61.4 Å². The highest BCUT2D eigenvalue weighted by atomic mass is 16.2. The van der Waals surface area contributed by atoms with Crippen LogP contribution in [-0.2, 0) is 0 Å². The van der Waals surface area contributed by atoms with Gasteiger partial charge in [-0.15, -0.1) is 0 Å². The van der Waals surface area contributed by atoms with Gasteiger partial charge in [-0.3, -0.25) is 4.79 Å². The highest BCUT2D eigenvalue weighted by molar-refractivity contribution is 5.97. The second-order valence-corrected chi connectivity index (χ2v) is 7.22. The predicted octanol–water partition coefficient (Wildman–Crippen LogP) is 3.99. The lowest BCUT2D eigenvalue weighted by Crippen LogP contribution is -2.36. The molecule has 1 saturated carbocycles. The standard InChI is InChI=1S/C20H25N3O/c1-14-6-10-17(11-7-14)23-15(2)18(19(21-23)16-8-9-16)20(24)22-12-4-3-5-13-22/h6-7,10-11,16H,3-5,8-9,12-13H2,1-2H3. The molecule has 2 aliphatic rings. The summed E-state index contributed by atoms with van der Waals surface area (Å²) < 4.78 is 1.96. The van der Waals surface area contributed by atoms with Gasteiger partial charge < -0.3 is 4.90 Å². The number of rotatable bonds is 3. The number of nitrogens with zero attached hydrogens (tertiary/aromatic N) is 3. The van der Waals surface area contributed by atoms with Crippen molar-refractivity contribution < 1.29 is 4.79 Å². The van der Waals surface area contributed by atoms with Crippen LogP contribution in [0.15, 0.2) is 24.3 Å². The molecule has 1 aliphatic heterocycles. The molecule has 2 fully saturated rings. The number of aromatic nitrogens is 2. The molecule has 0 spiro atoms. The molecule has 4 nitrogen and oxygen atoms in total. The van der Waals surface area contributed by atoms with Crippen molar-refractivity contribution in [3.8, 4) is 5.69 Å². The zero-order valence-electron chi connectivity index (χ0n) is 14.6. The topological polar surface area (TPSA) is 38.1 Å². The average molecular weight is 323 g/mol. The first kappa shape index (κ1) is 15.4. The molecular weight excluding hydrogens is 298 g/mol. The number of piperidine rings is 1. The van der Waals surface area contributed by atoms with Gasteiger partial charge in [-0.1, -0.05) is 17.7 Å². The maximum atomic E-state index is 13.1. The van der Waals surface area contributed by atoms with Gasteiger partial charge >= 0.3 is 0 Å². The van der Waals surface area contributed by atoms with Gasteiger partial charge in [0.05, 0.1) is 22.6 Å². The molecule has 4 rings (SSSR count). The Kier molecular flexibility index (Phi) is 3.91. The fraction of sp³-hybridized carbons (Fsp3) is 0.500. The second kappa shape index (κ2) is 6.08. The summed E-state index contributed by atoms with van der Waals surface area (Å²) in [4.78, 5) is 15.2. The van der Waals surface area contributed by atoms with E-state index in [1.165, 1.54) is 12.0 Å². The fourth-order valence-corrected chi connectivity index (χ4v) is 3.62. The third kappa shape index (κ3) is 2.74. The number of benzene rings is 1. The van der Waals surface area contributed by atoms with Gasteiger partial charge in [0.1, 0.15) is 0 Å². The summed E-state index contributed by atoms with van der Waals surface area (Å²) in [6, 6.07) is 8.36. The molecule has 1 aromatic carbocycles. The van der Waals surface area contributed by atoms with E-state index in [-0.39, 0.29) is 5.91 Å². The van der Waals surface area contributed by atoms with Crippen LogP contribution in [-0.4, -0.2) is 33.7 Å². The van der Waals surface area contributed by atoms with Crippen molar-refractivity contribution in [1.29, 1.82) is 0 Å². The molecule has 1 amide bonds. The highest BCUT2D eigenvalue weighted by Crippen LogP contribution is 2.42. The normalized spacial score (nSPS) is 18.0. The Balaban J connectivity index is 1.75. The molecule has 1 saturated heterocycles. The van der Waals surface area contributed by atoms with Crippen molar-refractivity contribution in [3.05, 3.63) is 46.8 Å². The van der Waals surface area contributed by atoms with Crippen LogP contribution in [0.4, 0.5) is 0 Å². The van der Waals surface area contributed by atoms with Crippen LogP contribution in [0.2, 0.25) is 0 Å². The Morgan fingerprint density at radius 1 is 1.04 bits per heavy atom. The van der Waals surface area contributed by atoms with Gasteiger partial charge in [0.15, 0.2) is 0 Å². The SMILES string of the molecule is Cc1ccc(-n2nc(C3CC3)c(C(=O)N3CCCCC3)c2C)cc1. The maximum Gasteiger partial charge on any atom is 0.257 e. The number of hydrogen-bond acceptors (Lipinski definition) is 2. The molecule has 1 aliphatic carbocycles. The molecule has 2 aromatic rings. The van der Waals surface area contributed by atoms with Crippen LogP contribution < -0.4 is 0 Å². The number of aryl methyl sites for hydroxylation is 1. The minimum absolute atomic E-state index is 0.187. The lowest BCUT2D eigenvalue weighted by Gasteiger charge is -2.27. The first-order valence-corrected chi connectivity index (χ1v) is 9.11. The van der Waals surface area contributed by atoms with E-state index in [9.17, 15) is 4.79 Å². The number of hydrogen-bond donors (Lipinski definition) is 0. The van der Waals surface area contributed by atoms with Gasteiger partial charge in [-0.25, -0.2) is 4.68 Å². The molecule has 126 valence electrons. The average Bonchev–Trinajstić information content (AvgIpc) is 3.39. The highest BCUT2D eigenvalue weighted by Gasteiger charge is 2.35. The van der Waals surface area contributed by atoms with Crippen LogP contribution >= 0.6 is 0 Å². The van der Waals surface area contributed by atoms with Gasteiger partial charge in [0, 0.05) is 19.0 Å². The van der Waals surface area contributed by atoms with Gasteiger partial charge in [-0.2, -0.15) is 5.10 Å². The minimum Gasteiger partial charge on any atom is -0.339 e. The summed E-state index contributed by atoms with van der Waals surface area (Å²) in [6.45, 7) is 5.90. The van der Waals surface area contributed by atoms with Crippen LogP contribution in [0.5, 0.6) is 0 Å². The van der Waals surface area contributed by atoms with Crippen molar-refractivity contribution >= 4 is 5.91 Å². The quantitative estimate of drug-likeness (QED) is 0.856. The van der Waals surface area contributed by atoms with E-state index in [4.69, 9.17) is 5.10 Å². The van der Waals surface area contributed by atoms with Crippen molar-refractivity contribution in [2.24, 2.45) is 0 Å². The fourth-order valence-electron chi connectivity index (χ4n) is 3.62. The molecule has 4 heteroatoms. The van der Waals surface area contributed by atoms with Crippen molar-refractivity contribution in [3.63, 3.8) is 0 Å². The summed E-state index contributed by atoms with van der Waals surface area (Å²) in [5.74, 6) is 0.659. The lowest BCUT2D eigenvalue weighted by molar-refractivity contribution is 0.0722. The number of carbonyl (C=O) groups is 1. The zero-order valence-corrected chi connectivity index (χ0v) is 14.6. The van der Waals surface area contributed by atoms with Gasteiger partial charge in [0.25, 0.3) is 5.91 Å². The van der Waals surface area contributed by atoms with Gasteiger partial charge in [-0.05, 0) is 58.1 Å². The molecule has 24 heavy (non-hydrogen) atoms. The first-order chi connectivity index (χ1) is 11.6. The molecule has 1 aromatic heterocycles. The van der Waals surface area contributed by atoms with Crippen molar-refractivity contribution in [2.75, 3.05) is 13.1 Å². The largest absolute Gasteiger partial charge is 0.339 e. The summed E-state index contributed by atoms with van der Waals surface area (Å²) in [5.41, 5.74) is 5.13.